The molecule has 2 heterocycles. The summed E-state index contributed by atoms with van der Waals surface area (Å²) in [6, 6.07) is 28.9. The van der Waals surface area contributed by atoms with E-state index in [1.54, 1.807) is 6.08 Å². The van der Waals surface area contributed by atoms with Gasteiger partial charge in [0.05, 0.1) is 17.4 Å². The van der Waals surface area contributed by atoms with Gasteiger partial charge in [-0.25, -0.2) is 0 Å². The lowest BCUT2D eigenvalue weighted by Gasteiger charge is -2.24. The van der Waals surface area contributed by atoms with Gasteiger partial charge in [-0.3, -0.25) is 15.1 Å². The molecule has 152 valence electrons. The monoisotopic (exact) mass is 424 g/mol. The Morgan fingerprint density at radius 3 is 2.23 bits per heavy atom. The summed E-state index contributed by atoms with van der Waals surface area (Å²) >= 11 is 4.99. The number of anilines is 1. The number of thiocarbonyl (C=S) groups is 1. The van der Waals surface area contributed by atoms with Crippen molar-refractivity contribution in [2.45, 2.75) is 12.5 Å². The van der Waals surface area contributed by atoms with Crippen molar-refractivity contribution in [1.29, 1.82) is 0 Å². The standard InChI is InChI=1S/C25H20N4OS/c30-24-22(26-25(31)27-24)15-17-11-13-20(14-12-17)29-23(19-9-5-2-6-10-19)16-21(28-29)18-7-3-1-4-8-18/h1-15,23H,16H2,(H2,26,27,30,31)/b22-15+/t23-/m1/s1. The predicted octanol–water partition coefficient (Wildman–Crippen LogP) is 4.39. The number of nitrogens with one attached hydrogen (secondary N) is 2. The summed E-state index contributed by atoms with van der Waals surface area (Å²) < 4.78 is 0. The number of hydrogen-bond donors (Lipinski definition) is 2. The molecule has 0 radical (unpaired) electrons. The van der Waals surface area contributed by atoms with E-state index in [0.29, 0.717) is 10.8 Å². The summed E-state index contributed by atoms with van der Waals surface area (Å²) in [7, 11) is 0. The molecule has 0 saturated carbocycles. The van der Waals surface area contributed by atoms with Crippen LogP contribution in [-0.4, -0.2) is 16.7 Å². The zero-order valence-electron chi connectivity index (χ0n) is 16.7. The normalized spacial score (nSPS) is 19.4. The van der Waals surface area contributed by atoms with E-state index < -0.39 is 0 Å². The maximum Gasteiger partial charge on any atom is 0.273 e. The Labute approximate surface area is 186 Å². The van der Waals surface area contributed by atoms with E-state index in [9.17, 15) is 4.79 Å². The van der Waals surface area contributed by atoms with Gasteiger partial charge in [0.15, 0.2) is 5.11 Å². The highest BCUT2D eigenvalue weighted by Gasteiger charge is 2.29. The van der Waals surface area contributed by atoms with Crippen LogP contribution in [0.1, 0.15) is 29.2 Å². The molecule has 1 atom stereocenters. The minimum absolute atomic E-state index is 0.125. The molecule has 1 fully saturated rings. The first kappa shape index (κ1) is 19.2. The smallest absolute Gasteiger partial charge is 0.273 e. The molecular formula is C25H20N4OS. The van der Waals surface area contributed by atoms with Gasteiger partial charge in [0.1, 0.15) is 5.70 Å². The quantitative estimate of drug-likeness (QED) is 0.482. The predicted molar refractivity (Wildman–Crippen MR) is 128 cm³/mol. The second-order valence-corrected chi connectivity index (χ2v) is 7.85. The van der Waals surface area contributed by atoms with Crippen LogP contribution in [-0.2, 0) is 4.79 Å². The lowest BCUT2D eigenvalue weighted by atomic mass is 9.98. The molecule has 3 aromatic rings. The van der Waals surface area contributed by atoms with Crippen LogP contribution in [0.5, 0.6) is 0 Å². The average molecular weight is 425 g/mol. The highest BCUT2D eigenvalue weighted by Crippen LogP contribution is 2.36. The van der Waals surface area contributed by atoms with Crippen molar-refractivity contribution in [2.24, 2.45) is 5.10 Å². The van der Waals surface area contributed by atoms with Gasteiger partial charge in [-0.1, -0.05) is 72.8 Å². The fourth-order valence-electron chi connectivity index (χ4n) is 3.86. The molecule has 0 aliphatic carbocycles. The van der Waals surface area contributed by atoms with Gasteiger partial charge in [-0.05, 0) is 47.1 Å². The summed E-state index contributed by atoms with van der Waals surface area (Å²) in [5, 5.41) is 12.9. The fourth-order valence-corrected chi connectivity index (χ4v) is 4.06. The van der Waals surface area contributed by atoms with Gasteiger partial charge in [0.25, 0.3) is 5.91 Å². The molecule has 0 aromatic heterocycles. The number of amides is 1. The van der Waals surface area contributed by atoms with Crippen LogP contribution in [0.15, 0.2) is 95.7 Å². The second-order valence-electron chi connectivity index (χ2n) is 7.45. The van der Waals surface area contributed by atoms with E-state index in [2.05, 4.69) is 52.0 Å². The minimum atomic E-state index is -0.213. The van der Waals surface area contributed by atoms with Crippen molar-refractivity contribution < 1.29 is 4.79 Å². The molecule has 2 aliphatic rings. The number of carbonyl (C=O) groups is 1. The zero-order valence-corrected chi connectivity index (χ0v) is 17.5. The first-order valence-corrected chi connectivity index (χ1v) is 10.5. The molecule has 0 unspecified atom stereocenters. The minimum Gasteiger partial charge on any atom is -0.328 e. The highest BCUT2D eigenvalue weighted by molar-refractivity contribution is 7.80. The highest BCUT2D eigenvalue weighted by atomic mass is 32.1. The van der Waals surface area contributed by atoms with E-state index in [0.717, 1.165) is 28.9 Å². The molecule has 0 spiro atoms. The molecule has 3 aromatic carbocycles. The molecule has 31 heavy (non-hydrogen) atoms. The number of rotatable bonds is 4. The van der Waals surface area contributed by atoms with Gasteiger partial charge in [0.2, 0.25) is 0 Å². The summed E-state index contributed by atoms with van der Waals surface area (Å²) in [5.74, 6) is -0.213. The fraction of sp³-hybridized carbons (Fsp3) is 0.0800. The molecule has 5 rings (SSSR count). The number of benzene rings is 3. The SMILES string of the molecule is O=C1NC(=S)N/C1=C/c1ccc(N2N=C(c3ccccc3)C[C@@H]2c2ccccc2)cc1. The third-order valence-electron chi connectivity index (χ3n) is 5.39. The van der Waals surface area contributed by atoms with Crippen molar-refractivity contribution in [3.05, 3.63) is 107 Å². The Morgan fingerprint density at radius 1 is 0.903 bits per heavy atom. The Balaban J connectivity index is 1.47. The lowest BCUT2D eigenvalue weighted by molar-refractivity contribution is -0.115. The summed E-state index contributed by atoms with van der Waals surface area (Å²) in [6.45, 7) is 0. The summed E-state index contributed by atoms with van der Waals surface area (Å²) in [4.78, 5) is 11.9. The van der Waals surface area contributed by atoms with E-state index in [-0.39, 0.29) is 11.9 Å². The van der Waals surface area contributed by atoms with Gasteiger partial charge in [-0.2, -0.15) is 5.10 Å². The third kappa shape index (κ3) is 3.98. The number of hydrogen-bond acceptors (Lipinski definition) is 4. The number of nitrogens with zero attached hydrogens (tertiary/aromatic N) is 2. The van der Waals surface area contributed by atoms with Crippen LogP contribution >= 0.6 is 12.2 Å². The summed E-state index contributed by atoms with van der Waals surface area (Å²) in [5.41, 5.74) is 5.80. The van der Waals surface area contributed by atoms with Crippen LogP contribution in [0.2, 0.25) is 0 Å². The van der Waals surface area contributed by atoms with E-state index >= 15 is 0 Å². The van der Waals surface area contributed by atoms with E-state index in [4.69, 9.17) is 17.3 Å². The van der Waals surface area contributed by atoms with Gasteiger partial charge in [0, 0.05) is 6.42 Å². The van der Waals surface area contributed by atoms with Crippen molar-refractivity contribution >= 4 is 40.7 Å². The first-order valence-electron chi connectivity index (χ1n) is 10.1. The average Bonchev–Trinajstić information content (AvgIpc) is 3.39. The van der Waals surface area contributed by atoms with Crippen molar-refractivity contribution in [3.8, 4) is 0 Å². The lowest BCUT2D eigenvalue weighted by Crippen LogP contribution is -2.21. The second kappa shape index (κ2) is 8.16. The maximum atomic E-state index is 11.9. The molecule has 5 nitrogen and oxygen atoms in total. The Hall–Kier alpha value is -3.77. The molecule has 0 bridgehead atoms. The molecule has 6 heteroatoms. The third-order valence-corrected chi connectivity index (χ3v) is 5.59. The molecule has 2 N–H and O–H groups in total. The van der Waals surface area contributed by atoms with E-state index in [1.165, 1.54) is 5.56 Å². The van der Waals surface area contributed by atoms with Crippen LogP contribution < -0.4 is 15.6 Å². The summed E-state index contributed by atoms with van der Waals surface area (Å²) in [6.07, 6.45) is 2.62. The molecule has 1 saturated heterocycles. The van der Waals surface area contributed by atoms with Crippen molar-refractivity contribution in [1.82, 2.24) is 10.6 Å². The van der Waals surface area contributed by atoms with E-state index in [1.807, 2.05) is 48.5 Å². The van der Waals surface area contributed by atoms with Crippen molar-refractivity contribution in [2.75, 3.05) is 5.01 Å². The Kier molecular flexibility index (Phi) is 5.06. The molecule has 2 aliphatic heterocycles. The number of carbonyl (C=O) groups excluding carboxylic acids is 1. The van der Waals surface area contributed by atoms with Gasteiger partial charge in [-0.15, -0.1) is 0 Å². The van der Waals surface area contributed by atoms with Crippen LogP contribution in [0, 0.1) is 0 Å². The molecule has 1 amide bonds. The topological polar surface area (TPSA) is 56.7 Å². The van der Waals surface area contributed by atoms with Gasteiger partial charge >= 0.3 is 0 Å². The number of hydrazone groups is 1. The van der Waals surface area contributed by atoms with Crippen LogP contribution in [0.4, 0.5) is 5.69 Å². The van der Waals surface area contributed by atoms with Gasteiger partial charge < -0.3 is 5.32 Å². The van der Waals surface area contributed by atoms with Crippen molar-refractivity contribution in [3.63, 3.8) is 0 Å². The molecular weight excluding hydrogens is 404 g/mol. The van der Waals surface area contributed by atoms with Crippen LogP contribution in [0.3, 0.4) is 0 Å². The largest absolute Gasteiger partial charge is 0.328 e. The Morgan fingerprint density at radius 2 is 1.58 bits per heavy atom. The zero-order chi connectivity index (χ0) is 21.2. The first-order chi connectivity index (χ1) is 15.2. The van der Waals surface area contributed by atoms with Crippen LogP contribution in [0.25, 0.3) is 6.08 Å². The Bertz CT molecular complexity index is 1190. The maximum absolute atomic E-state index is 11.9.